The van der Waals surface area contributed by atoms with E-state index in [2.05, 4.69) is 31.1 Å². The summed E-state index contributed by atoms with van der Waals surface area (Å²) in [7, 11) is 0. The standard InChI is InChI=1S/C11H18N2O/c1-4-11(2,3)12-8-9-6-5-7-10(14)13-9/h5-7,12H,4,8H2,1-3H3,(H,13,14). The van der Waals surface area contributed by atoms with Crippen LogP contribution < -0.4 is 10.9 Å². The lowest BCUT2D eigenvalue weighted by molar-refractivity contribution is 0.372. The zero-order valence-electron chi connectivity index (χ0n) is 9.05. The van der Waals surface area contributed by atoms with Gasteiger partial charge in [0.1, 0.15) is 0 Å². The van der Waals surface area contributed by atoms with Crippen LogP contribution in [0.2, 0.25) is 0 Å². The summed E-state index contributed by atoms with van der Waals surface area (Å²) >= 11 is 0. The average Bonchev–Trinajstić information content (AvgIpc) is 2.15. The highest BCUT2D eigenvalue weighted by Crippen LogP contribution is 2.07. The van der Waals surface area contributed by atoms with Crippen molar-refractivity contribution in [3.05, 3.63) is 34.2 Å². The molecular weight excluding hydrogens is 176 g/mol. The number of aromatic nitrogens is 1. The first-order valence-corrected chi connectivity index (χ1v) is 4.97. The SMILES string of the molecule is CCC(C)(C)NCc1cccc(=O)[nH]1. The van der Waals surface area contributed by atoms with E-state index < -0.39 is 0 Å². The van der Waals surface area contributed by atoms with E-state index in [1.165, 1.54) is 6.07 Å². The van der Waals surface area contributed by atoms with Crippen molar-refractivity contribution in [2.45, 2.75) is 39.3 Å². The lowest BCUT2D eigenvalue weighted by atomic mass is 10.0. The Balaban J connectivity index is 2.58. The van der Waals surface area contributed by atoms with E-state index in [1.807, 2.05) is 6.07 Å². The maximum atomic E-state index is 11.0. The third kappa shape index (κ3) is 3.34. The predicted molar refractivity (Wildman–Crippen MR) is 58.3 cm³/mol. The molecule has 2 N–H and O–H groups in total. The first kappa shape index (κ1) is 11.0. The average molecular weight is 194 g/mol. The van der Waals surface area contributed by atoms with Crippen molar-refractivity contribution in [1.29, 1.82) is 0 Å². The zero-order valence-corrected chi connectivity index (χ0v) is 9.05. The molecule has 0 bridgehead atoms. The van der Waals surface area contributed by atoms with Crippen LogP contribution in [-0.4, -0.2) is 10.5 Å². The van der Waals surface area contributed by atoms with Crippen molar-refractivity contribution in [3.8, 4) is 0 Å². The molecule has 1 heterocycles. The van der Waals surface area contributed by atoms with Crippen molar-refractivity contribution in [1.82, 2.24) is 10.3 Å². The van der Waals surface area contributed by atoms with Gasteiger partial charge in [0, 0.05) is 23.8 Å². The first-order chi connectivity index (χ1) is 6.53. The minimum absolute atomic E-state index is 0.0430. The fourth-order valence-electron chi connectivity index (χ4n) is 1.06. The molecule has 3 heteroatoms. The predicted octanol–water partition coefficient (Wildman–Crippen LogP) is 1.65. The Morgan fingerprint density at radius 1 is 1.43 bits per heavy atom. The van der Waals surface area contributed by atoms with Crippen LogP contribution >= 0.6 is 0 Å². The van der Waals surface area contributed by atoms with Crippen molar-refractivity contribution >= 4 is 0 Å². The number of H-pyrrole nitrogens is 1. The third-order valence-corrected chi connectivity index (χ3v) is 2.47. The second-order valence-corrected chi connectivity index (χ2v) is 4.13. The van der Waals surface area contributed by atoms with Crippen LogP contribution in [0.1, 0.15) is 32.9 Å². The van der Waals surface area contributed by atoms with Crippen molar-refractivity contribution in [3.63, 3.8) is 0 Å². The Hall–Kier alpha value is -1.09. The van der Waals surface area contributed by atoms with E-state index in [9.17, 15) is 4.79 Å². The van der Waals surface area contributed by atoms with Crippen molar-refractivity contribution in [2.24, 2.45) is 0 Å². The molecule has 0 saturated carbocycles. The summed E-state index contributed by atoms with van der Waals surface area (Å²) in [6.07, 6.45) is 1.06. The number of pyridine rings is 1. The summed E-state index contributed by atoms with van der Waals surface area (Å²) in [5, 5.41) is 3.38. The Morgan fingerprint density at radius 2 is 2.14 bits per heavy atom. The third-order valence-electron chi connectivity index (χ3n) is 2.47. The molecule has 0 aromatic carbocycles. The van der Waals surface area contributed by atoms with Gasteiger partial charge in [0.05, 0.1) is 0 Å². The summed E-state index contributed by atoms with van der Waals surface area (Å²) < 4.78 is 0. The molecule has 0 aliphatic heterocycles. The molecule has 1 aromatic rings. The summed E-state index contributed by atoms with van der Waals surface area (Å²) in [4.78, 5) is 13.8. The number of rotatable bonds is 4. The highest BCUT2D eigenvalue weighted by Gasteiger charge is 2.13. The smallest absolute Gasteiger partial charge is 0.248 e. The summed E-state index contributed by atoms with van der Waals surface area (Å²) in [6.45, 7) is 7.14. The van der Waals surface area contributed by atoms with Gasteiger partial charge in [-0.2, -0.15) is 0 Å². The van der Waals surface area contributed by atoms with Gasteiger partial charge < -0.3 is 10.3 Å². The topological polar surface area (TPSA) is 44.9 Å². The molecule has 0 spiro atoms. The number of nitrogens with one attached hydrogen (secondary N) is 2. The molecule has 1 rings (SSSR count). The quantitative estimate of drug-likeness (QED) is 0.765. The van der Waals surface area contributed by atoms with Crippen molar-refractivity contribution in [2.75, 3.05) is 0 Å². The molecule has 0 aliphatic carbocycles. The molecule has 3 nitrogen and oxygen atoms in total. The van der Waals surface area contributed by atoms with Crippen LogP contribution in [0.25, 0.3) is 0 Å². The minimum atomic E-state index is -0.0430. The Bertz CT molecular complexity index is 341. The van der Waals surface area contributed by atoms with Crippen LogP contribution in [0.4, 0.5) is 0 Å². The highest BCUT2D eigenvalue weighted by molar-refractivity contribution is 5.03. The van der Waals surface area contributed by atoms with Gasteiger partial charge in [0.25, 0.3) is 0 Å². The van der Waals surface area contributed by atoms with E-state index >= 15 is 0 Å². The molecule has 0 amide bonds. The van der Waals surface area contributed by atoms with Gasteiger partial charge >= 0.3 is 0 Å². The lowest BCUT2D eigenvalue weighted by Crippen LogP contribution is -2.38. The normalized spacial score (nSPS) is 11.6. The van der Waals surface area contributed by atoms with Gasteiger partial charge in [-0.25, -0.2) is 0 Å². The van der Waals surface area contributed by atoms with E-state index in [-0.39, 0.29) is 11.1 Å². The zero-order chi connectivity index (χ0) is 10.6. The van der Waals surface area contributed by atoms with Crippen LogP contribution in [0, 0.1) is 0 Å². The molecule has 0 saturated heterocycles. The molecule has 0 unspecified atom stereocenters. The molecule has 78 valence electrons. The monoisotopic (exact) mass is 194 g/mol. The van der Waals surface area contributed by atoms with Crippen LogP contribution in [0.3, 0.4) is 0 Å². The van der Waals surface area contributed by atoms with Gasteiger partial charge in [-0.15, -0.1) is 0 Å². The van der Waals surface area contributed by atoms with E-state index in [0.29, 0.717) is 6.54 Å². The second-order valence-electron chi connectivity index (χ2n) is 4.13. The molecule has 14 heavy (non-hydrogen) atoms. The van der Waals surface area contributed by atoms with Crippen LogP contribution in [0.15, 0.2) is 23.0 Å². The van der Waals surface area contributed by atoms with Crippen molar-refractivity contribution < 1.29 is 0 Å². The molecular formula is C11H18N2O. The van der Waals surface area contributed by atoms with Gasteiger partial charge in [0.15, 0.2) is 0 Å². The maximum absolute atomic E-state index is 11.0. The van der Waals surface area contributed by atoms with E-state index in [4.69, 9.17) is 0 Å². The highest BCUT2D eigenvalue weighted by atomic mass is 16.1. The minimum Gasteiger partial charge on any atom is -0.325 e. The van der Waals surface area contributed by atoms with Gasteiger partial charge in [-0.05, 0) is 26.3 Å². The molecule has 0 radical (unpaired) electrons. The summed E-state index contributed by atoms with van der Waals surface area (Å²) in [6, 6.07) is 5.21. The number of aromatic amines is 1. The molecule has 1 aromatic heterocycles. The lowest BCUT2D eigenvalue weighted by Gasteiger charge is -2.24. The maximum Gasteiger partial charge on any atom is 0.248 e. The van der Waals surface area contributed by atoms with E-state index in [1.54, 1.807) is 6.07 Å². The summed E-state index contributed by atoms with van der Waals surface area (Å²) in [5.41, 5.74) is 1.00. The fourth-order valence-corrected chi connectivity index (χ4v) is 1.06. The first-order valence-electron chi connectivity index (χ1n) is 4.97. The van der Waals surface area contributed by atoms with Gasteiger partial charge in [-0.1, -0.05) is 13.0 Å². The van der Waals surface area contributed by atoms with Crippen LogP contribution in [-0.2, 0) is 6.54 Å². The molecule has 0 aliphatic rings. The Kier molecular flexibility index (Phi) is 3.47. The van der Waals surface area contributed by atoms with Gasteiger partial charge in [-0.3, -0.25) is 4.79 Å². The number of hydrogen-bond acceptors (Lipinski definition) is 2. The molecule has 0 atom stereocenters. The number of hydrogen-bond donors (Lipinski definition) is 2. The van der Waals surface area contributed by atoms with Gasteiger partial charge in [0.2, 0.25) is 5.56 Å². The molecule has 0 fully saturated rings. The Morgan fingerprint density at radius 3 is 2.71 bits per heavy atom. The summed E-state index contributed by atoms with van der Waals surface area (Å²) in [5.74, 6) is 0. The van der Waals surface area contributed by atoms with E-state index in [0.717, 1.165) is 12.1 Å². The second kappa shape index (κ2) is 4.42. The van der Waals surface area contributed by atoms with Crippen LogP contribution in [0.5, 0.6) is 0 Å². The fraction of sp³-hybridized carbons (Fsp3) is 0.545. The largest absolute Gasteiger partial charge is 0.325 e. The Labute approximate surface area is 84.6 Å².